The first kappa shape index (κ1) is 16.4. The molecule has 2 nitrogen and oxygen atoms in total. The Hall–Kier alpha value is -0.0235. The van der Waals surface area contributed by atoms with Gasteiger partial charge in [0, 0.05) is 23.2 Å². The summed E-state index contributed by atoms with van der Waals surface area (Å²) in [5, 5.41) is 8.39. The van der Waals surface area contributed by atoms with E-state index in [-0.39, 0.29) is 16.8 Å². The molecule has 0 heterocycles. The number of rotatable bonds is 9. The average Bonchev–Trinajstić information content (AvgIpc) is 2.09. The van der Waals surface area contributed by atoms with E-state index in [1.165, 1.54) is 38.5 Å². The van der Waals surface area contributed by atoms with Gasteiger partial charge in [-0.2, -0.15) is 0 Å². The van der Waals surface area contributed by atoms with Crippen LogP contribution in [0.3, 0.4) is 0 Å². The van der Waals surface area contributed by atoms with Crippen molar-refractivity contribution in [2.45, 2.75) is 64.7 Å². The molecule has 0 bridgehead atoms. The van der Waals surface area contributed by atoms with Crippen molar-refractivity contribution >= 4 is 5.97 Å². The van der Waals surface area contributed by atoms with Crippen LogP contribution in [0.2, 0.25) is 0 Å². The van der Waals surface area contributed by atoms with Gasteiger partial charge < -0.3 is 5.11 Å². The quantitative estimate of drug-likeness (QED) is 0.630. The number of carbonyl (C=O) groups is 1. The third-order valence-electron chi connectivity index (χ3n) is 2.24. The van der Waals surface area contributed by atoms with Crippen LogP contribution in [0.4, 0.5) is 0 Å². The molecule has 0 spiro atoms. The molecule has 0 aliphatic rings. The van der Waals surface area contributed by atoms with E-state index >= 15 is 0 Å². The maximum absolute atomic E-state index is 10.2. The number of carboxylic acid groups (broad SMARTS) is 1. The molecule has 1 radical (unpaired) electrons. The van der Waals surface area contributed by atoms with E-state index in [0.717, 1.165) is 12.8 Å². The molecule has 14 heavy (non-hydrogen) atoms. The zero-order chi connectivity index (χ0) is 9.94. The Labute approximate surface area is 97.7 Å². The summed E-state index contributed by atoms with van der Waals surface area (Å²) in [4.78, 5) is 10.2. The fourth-order valence-corrected chi connectivity index (χ4v) is 1.41. The molecule has 0 unspecified atom stereocenters. The number of hydrogen-bond acceptors (Lipinski definition) is 1. The van der Waals surface area contributed by atoms with Gasteiger partial charge in [-0.3, -0.25) is 4.79 Å². The van der Waals surface area contributed by atoms with E-state index in [0.29, 0.717) is 6.42 Å². The van der Waals surface area contributed by atoms with E-state index < -0.39 is 5.97 Å². The first-order chi connectivity index (χ1) is 6.27. The molecule has 0 aromatic carbocycles. The van der Waals surface area contributed by atoms with E-state index in [1.54, 1.807) is 0 Å². The number of unbranched alkanes of at least 4 members (excludes halogenated alkanes) is 7. The van der Waals surface area contributed by atoms with E-state index in [4.69, 9.17) is 5.11 Å². The fraction of sp³-hybridized carbons (Fsp3) is 0.909. The van der Waals surface area contributed by atoms with Gasteiger partial charge in [0.2, 0.25) is 0 Å². The van der Waals surface area contributed by atoms with Crippen molar-refractivity contribution in [3.8, 4) is 0 Å². The van der Waals surface area contributed by atoms with Gasteiger partial charge in [-0.25, -0.2) is 0 Å². The Balaban J connectivity index is 0. The fourth-order valence-electron chi connectivity index (χ4n) is 1.41. The van der Waals surface area contributed by atoms with Crippen molar-refractivity contribution in [3.63, 3.8) is 0 Å². The van der Waals surface area contributed by atoms with Crippen LogP contribution in [0.15, 0.2) is 0 Å². The molecule has 0 rings (SSSR count). The molecule has 0 atom stereocenters. The second-order valence-corrected chi connectivity index (χ2v) is 3.62. The Morgan fingerprint density at radius 3 is 1.79 bits per heavy atom. The van der Waals surface area contributed by atoms with Crippen LogP contribution < -0.4 is 0 Å². The Kier molecular flexibility index (Phi) is 15.2. The molecule has 1 N–H and O–H groups in total. The summed E-state index contributed by atoms with van der Waals surface area (Å²) < 4.78 is 0. The first-order valence-electron chi connectivity index (χ1n) is 5.49. The van der Waals surface area contributed by atoms with Gasteiger partial charge in [0.25, 0.3) is 0 Å². The zero-order valence-electron chi connectivity index (χ0n) is 9.05. The second kappa shape index (κ2) is 13.0. The van der Waals surface area contributed by atoms with Crippen LogP contribution in [0, 0.1) is 0 Å². The van der Waals surface area contributed by atoms with Crippen molar-refractivity contribution in [3.05, 3.63) is 0 Å². The van der Waals surface area contributed by atoms with Crippen molar-refractivity contribution < 1.29 is 26.7 Å². The number of hydrogen-bond donors (Lipinski definition) is 1. The summed E-state index contributed by atoms with van der Waals surface area (Å²) in [6.45, 7) is 2.22. The summed E-state index contributed by atoms with van der Waals surface area (Å²) in [7, 11) is 0. The summed E-state index contributed by atoms with van der Waals surface area (Å²) in [5.74, 6) is -0.661. The Morgan fingerprint density at radius 2 is 1.36 bits per heavy atom. The van der Waals surface area contributed by atoms with Gasteiger partial charge in [0.15, 0.2) is 0 Å². The largest absolute Gasteiger partial charge is 0.481 e. The zero-order valence-corrected chi connectivity index (χ0v) is 10.1. The maximum Gasteiger partial charge on any atom is 0.303 e. The molecule has 0 aliphatic heterocycles. The summed E-state index contributed by atoms with van der Waals surface area (Å²) in [6.07, 6.45) is 10.1. The summed E-state index contributed by atoms with van der Waals surface area (Å²) >= 11 is 0. The molecular weight excluding hydrogens is 223 g/mol. The Bertz CT molecular complexity index is 126. The first-order valence-corrected chi connectivity index (χ1v) is 5.49. The Morgan fingerprint density at radius 1 is 0.929 bits per heavy atom. The minimum Gasteiger partial charge on any atom is -0.481 e. The summed E-state index contributed by atoms with van der Waals surface area (Å²) in [5.41, 5.74) is 0. The molecule has 0 aromatic heterocycles. The van der Waals surface area contributed by atoms with Gasteiger partial charge in [-0.15, -0.1) is 0 Å². The topological polar surface area (TPSA) is 37.3 Å². The number of aliphatic carboxylic acids is 1. The molecule has 0 amide bonds. The maximum atomic E-state index is 10.2. The second-order valence-electron chi connectivity index (χ2n) is 3.62. The molecule has 0 aromatic rings. The molecule has 0 saturated carbocycles. The van der Waals surface area contributed by atoms with E-state index in [1.807, 2.05) is 0 Å². The molecule has 87 valence electrons. The van der Waals surface area contributed by atoms with Gasteiger partial charge in [-0.1, -0.05) is 51.9 Å². The van der Waals surface area contributed by atoms with Gasteiger partial charge >= 0.3 is 5.97 Å². The molecule has 0 aliphatic carbocycles. The summed E-state index contributed by atoms with van der Waals surface area (Å²) in [6, 6.07) is 0. The van der Waals surface area contributed by atoms with Crippen LogP contribution >= 0.6 is 0 Å². The SMILES string of the molecule is CCCCCCCCCCC(=O)O.[Co]. The normalized spacial score (nSPS) is 9.50. The van der Waals surface area contributed by atoms with Crippen LogP contribution in [0.25, 0.3) is 0 Å². The van der Waals surface area contributed by atoms with Crippen LogP contribution in [0.1, 0.15) is 64.7 Å². The van der Waals surface area contributed by atoms with Gasteiger partial charge in [0.05, 0.1) is 0 Å². The average molecular weight is 245 g/mol. The van der Waals surface area contributed by atoms with Gasteiger partial charge in [-0.05, 0) is 6.42 Å². The van der Waals surface area contributed by atoms with Crippen LogP contribution in [-0.2, 0) is 21.6 Å². The minimum atomic E-state index is -0.661. The predicted octanol–water partition coefficient (Wildman–Crippen LogP) is 3.60. The molecule has 0 saturated heterocycles. The third kappa shape index (κ3) is 14.5. The van der Waals surface area contributed by atoms with E-state index in [9.17, 15) is 4.79 Å². The van der Waals surface area contributed by atoms with Crippen LogP contribution in [-0.4, -0.2) is 11.1 Å². The number of carboxylic acids is 1. The van der Waals surface area contributed by atoms with Crippen molar-refractivity contribution in [1.82, 2.24) is 0 Å². The molecule has 0 fully saturated rings. The van der Waals surface area contributed by atoms with Crippen molar-refractivity contribution in [2.75, 3.05) is 0 Å². The minimum absolute atomic E-state index is 0. The standard InChI is InChI=1S/C11H22O2.Co/c1-2-3-4-5-6-7-8-9-10-11(12)13;/h2-10H2,1H3,(H,12,13);. The predicted molar refractivity (Wildman–Crippen MR) is 54.9 cm³/mol. The molecule has 3 heteroatoms. The van der Waals surface area contributed by atoms with Crippen LogP contribution in [0.5, 0.6) is 0 Å². The van der Waals surface area contributed by atoms with Gasteiger partial charge in [0.1, 0.15) is 0 Å². The molecular formula is C11H22CoO2. The third-order valence-corrected chi connectivity index (χ3v) is 2.24. The van der Waals surface area contributed by atoms with Crippen molar-refractivity contribution in [1.29, 1.82) is 0 Å². The van der Waals surface area contributed by atoms with Crippen molar-refractivity contribution in [2.24, 2.45) is 0 Å². The monoisotopic (exact) mass is 245 g/mol. The van der Waals surface area contributed by atoms with E-state index in [2.05, 4.69) is 6.92 Å². The smallest absolute Gasteiger partial charge is 0.303 e.